The number of anilines is 1. The maximum atomic E-state index is 14.4. The molecule has 0 N–H and O–H groups in total. The van der Waals surface area contributed by atoms with Crippen LogP contribution in [0, 0.1) is 11.6 Å². The summed E-state index contributed by atoms with van der Waals surface area (Å²) in [7, 11) is -7.05. The van der Waals surface area contributed by atoms with Crippen molar-refractivity contribution in [1.29, 1.82) is 0 Å². The molecule has 0 amide bonds. The van der Waals surface area contributed by atoms with Crippen molar-refractivity contribution < 1.29 is 43.9 Å². The van der Waals surface area contributed by atoms with Gasteiger partial charge in [-0.15, -0.1) is 0 Å². The number of carbonyl (C=O) groups is 1. The number of nitrogens with zero attached hydrogens (tertiary/aromatic N) is 1. The SMILES string of the molecule is COC(=O)c1c(F)ccc(N(CCC(F)S(=O)(=O)CCCF)[SH](=O)=O)c1F. The predicted molar refractivity (Wildman–Crippen MR) is 89.3 cm³/mol. The van der Waals surface area contributed by atoms with E-state index in [1.54, 1.807) is 0 Å². The first-order valence-electron chi connectivity index (χ1n) is 7.46. The lowest BCUT2D eigenvalue weighted by Crippen LogP contribution is -2.30. The number of rotatable bonds is 10. The molecule has 1 aromatic carbocycles. The Hall–Kier alpha value is -1.89. The lowest BCUT2D eigenvalue weighted by atomic mass is 10.1. The van der Waals surface area contributed by atoms with E-state index in [1.165, 1.54) is 0 Å². The molecule has 1 unspecified atom stereocenters. The zero-order valence-corrected chi connectivity index (χ0v) is 15.7. The van der Waals surface area contributed by atoms with Crippen LogP contribution in [0.1, 0.15) is 23.2 Å². The molecule has 0 saturated heterocycles. The molecule has 0 heterocycles. The second kappa shape index (κ2) is 9.88. The van der Waals surface area contributed by atoms with Gasteiger partial charge in [-0.3, -0.25) is 8.70 Å². The monoisotopic (exact) mass is 435 g/mol. The van der Waals surface area contributed by atoms with Crippen molar-refractivity contribution >= 4 is 32.4 Å². The minimum Gasteiger partial charge on any atom is -0.465 e. The smallest absolute Gasteiger partial charge is 0.343 e. The molecule has 0 bridgehead atoms. The Morgan fingerprint density at radius 1 is 1.30 bits per heavy atom. The van der Waals surface area contributed by atoms with Gasteiger partial charge in [0.25, 0.3) is 0 Å². The molecule has 0 radical (unpaired) electrons. The largest absolute Gasteiger partial charge is 0.465 e. The van der Waals surface area contributed by atoms with Crippen molar-refractivity contribution in [3.8, 4) is 0 Å². The number of benzene rings is 1. The van der Waals surface area contributed by atoms with Gasteiger partial charge < -0.3 is 4.74 Å². The summed E-state index contributed by atoms with van der Waals surface area (Å²) in [6, 6.07) is 1.31. The normalized spacial score (nSPS) is 12.8. The Morgan fingerprint density at radius 3 is 2.44 bits per heavy atom. The van der Waals surface area contributed by atoms with Crippen LogP contribution in [0.15, 0.2) is 12.1 Å². The van der Waals surface area contributed by atoms with Crippen LogP contribution in [0.4, 0.5) is 23.2 Å². The van der Waals surface area contributed by atoms with E-state index in [9.17, 15) is 39.2 Å². The molecule has 0 aliphatic heterocycles. The second-order valence-corrected chi connectivity index (χ2v) is 8.42. The van der Waals surface area contributed by atoms with Gasteiger partial charge in [-0.25, -0.2) is 34.8 Å². The highest BCUT2D eigenvalue weighted by atomic mass is 32.2. The predicted octanol–water partition coefficient (Wildman–Crippen LogP) is 1.54. The van der Waals surface area contributed by atoms with Crippen LogP contribution >= 0.6 is 0 Å². The lowest BCUT2D eigenvalue weighted by molar-refractivity contribution is 0.0590. The van der Waals surface area contributed by atoms with Gasteiger partial charge in [0.1, 0.15) is 11.4 Å². The van der Waals surface area contributed by atoms with Crippen LogP contribution in [0.3, 0.4) is 0 Å². The number of hydrogen-bond acceptors (Lipinski definition) is 6. The van der Waals surface area contributed by atoms with Gasteiger partial charge in [0, 0.05) is 13.0 Å². The third kappa shape index (κ3) is 5.79. The van der Waals surface area contributed by atoms with Crippen LogP contribution < -0.4 is 4.31 Å². The van der Waals surface area contributed by atoms with Crippen LogP contribution in [-0.4, -0.2) is 54.4 Å². The first kappa shape index (κ1) is 23.1. The molecule has 0 saturated carbocycles. The fourth-order valence-electron chi connectivity index (χ4n) is 2.11. The van der Waals surface area contributed by atoms with Crippen LogP contribution in [-0.2, 0) is 25.5 Å². The van der Waals surface area contributed by atoms with E-state index < -0.39 is 86.9 Å². The highest BCUT2D eigenvalue weighted by Crippen LogP contribution is 2.26. The van der Waals surface area contributed by atoms with Gasteiger partial charge in [-0.05, 0) is 18.6 Å². The minimum absolute atomic E-state index is 0.272. The second-order valence-electron chi connectivity index (χ2n) is 5.22. The van der Waals surface area contributed by atoms with Crippen LogP contribution in [0.25, 0.3) is 0 Å². The Labute approximate surface area is 154 Å². The van der Waals surface area contributed by atoms with E-state index in [2.05, 4.69) is 4.74 Å². The summed E-state index contributed by atoms with van der Waals surface area (Å²) in [5.74, 6) is -5.03. The van der Waals surface area contributed by atoms with Crippen molar-refractivity contribution in [2.75, 3.05) is 30.4 Å². The summed E-state index contributed by atoms with van der Waals surface area (Å²) >= 11 is 0. The molecule has 0 aromatic heterocycles. The summed E-state index contributed by atoms with van der Waals surface area (Å²) in [6.45, 7) is -1.78. The van der Waals surface area contributed by atoms with Gasteiger partial charge in [-0.1, -0.05) is 0 Å². The molecule has 1 atom stereocenters. The topological polar surface area (TPSA) is 97.8 Å². The number of halogens is 4. The number of ether oxygens (including phenoxy) is 1. The Balaban J connectivity index is 3.13. The van der Waals surface area contributed by atoms with Crippen molar-refractivity contribution in [2.24, 2.45) is 0 Å². The van der Waals surface area contributed by atoms with E-state index in [0.717, 1.165) is 7.11 Å². The van der Waals surface area contributed by atoms with E-state index >= 15 is 0 Å². The number of methoxy groups -OCH3 is 1. The summed E-state index contributed by atoms with van der Waals surface area (Å²) in [5.41, 5.74) is -4.43. The third-order valence-corrected chi connectivity index (χ3v) is 6.14. The summed E-state index contributed by atoms with van der Waals surface area (Å²) in [4.78, 5) is 11.5. The van der Waals surface area contributed by atoms with E-state index in [4.69, 9.17) is 0 Å². The highest BCUT2D eigenvalue weighted by molar-refractivity contribution is 7.91. The molecule has 7 nitrogen and oxygen atoms in total. The van der Waals surface area contributed by atoms with E-state index in [0.29, 0.717) is 12.1 Å². The van der Waals surface area contributed by atoms with E-state index in [-0.39, 0.29) is 4.31 Å². The van der Waals surface area contributed by atoms with Gasteiger partial charge in [-0.2, -0.15) is 0 Å². The minimum atomic E-state index is -4.33. The van der Waals surface area contributed by atoms with Crippen molar-refractivity contribution in [3.05, 3.63) is 29.3 Å². The first-order chi connectivity index (χ1) is 12.6. The maximum absolute atomic E-state index is 14.4. The van der Waals surface area contributed by atoms with Gasteiger partial charge in [0.15, 0.2) is 15.7 Å². The number of thiol groups is 1. The quantitative estimate of drug-likeness (QED) is 0.340. The van der Waals surface area contributed by atoms with Crippen molar-refractivity contribution in [1.82, 2.24) is 0 Å². The zero-order valence-electron chi connectivity index (χ0n) is 14.0. The van der Waals surface area contributed by atoms with Gasteiger partial charge in [0.2, 0.25) is 16.4 Å². The number of alkyl halides is 2. The van der Waals surface area contributed by atoms with Crippen LogP contribution in [0.2, 0.25) is 0 Å². The number of carbonyl (C=O) groups excluding carboxylic acids is 1. The Kier molecular flexibility index (Phi) is 8.47. The first-order valence-corrected chi connectivity index (χ1v) is 10.3. The molecule has 1 aromatic rings. The highest BCUT2D eigenvalue weighted by Gasteiger charge is 2.28. The van der Waals surface area contributed by atoms with Crippen molar-refractivity contribution in [2.45, 2.75) is 18.3 Å². The molecule has 0 aliphatic rings. The Bertz CT molecular complexity index is 851. The molecule has 27 heavy (non-hydrogen) atoms. The Morgan fingerprint density at radius 2 is 1.93 bits per heavy atom. The number of hydrogen-bond donors (Lipinski definition) is 1. The van der Waals surface area contributed by atoms with Gasteiger partial charge >= 0.3 is 5.97 Å². The van der Waals surface area contributed by atoms with Crippen molar-refractivity contribution in [3.63, 3.8) is 0 Å². The number of sulfone groups is 1. The number of esters is 1. The molecule has 0 fully saturated rings. The van der Waals surface area contributed by atoms with Crippen LogP contribution in [0.5, 0.6) is 0 Å². The fourth-order valence-corrected chi connectivity index (χ4v) is 3.95. The standard InChI is InChI=1S/C14H17F4NO6S2/c1-25-14(20)12-9(16)3-4-10(13(12)18)19(26(21)22)7-5-11(17)27(23,24)8-2-6-15/h3-4,11,26H,2,5-8H2,1H3. The molecule has 13 heteroatoms. The lowest BCUT2D eigenvalue weighted by Gasteiger charge is -2.20. The average Bonchev–Trinajstić information content (AvgIpc) is 2.61. The summed E-state index contributed by atoms with van der Waals surface area (Å²) < 4.78 is 104. The average molecular weight is 435 g/mol. The molecular formula is C14H17F4NO6S2. The summed E-state index contributed by atoms with van der Waals surface area (Å²) in [6.07, 6.45) is -1.29. The third-order valence-electron chi connectivity index (χ3n) is 3.46. The van der Waals surface area contributed by atoms with Gasteiger partial charge in [0.05, 0.1) is 25.2 Å². The zero-order chi connectivity index (χ0) is 20.8. The molecule has 0 aliphatic carbocycles. The molecule has 0 spiro atoms. The maximum Gasteiger partial charge on any atom is 0.343 e. The molecular weight excluding hydrogens is 418 g/mol. The molecule has 1 rings (SSSR count). The molecule has 154 valence electrons. The summed E-state index contributed by atoms with van der Waals surface area (Å²) in [5, 5.41) is 0. The fraction of sp³-hybridized carbons (Fsp3) is 0.500. The van der Waals surface area contributed by atoms with E-state index in [1.807, 2.05) is 0 Å².